The number of hydrogen-bond donors (Lipinski definition) is 0. The topological polar surface area (TPSA) is 48.0 Å². The summed E-state index contributed by atoms with van der Waals surface area (Å²) < 4.78 is 31.4. The van der Waals surface area contributed by atoms with Crippen molar-refractivity contribution in [1.82, 2.24) is 0 Å². The van der Waals surface area contributed by atoms with Crippen LogP contribution >= 0.6 is 0 Å². The molecule has 35 heavy (non-hydrogen) atoms. The van der Waals surface area contributed by atoms with Crippen molar-refractivity contribution >= 4 is 11.6 Å². The Labute approximate surface area is 201 Å². The Morgan fingerprint density at radius 1 is 0.800 bits per heavy atom. The van der Waals surface area contributed by atoms with Gasteiger partial charge in [0.25, 0.3) is 0 Å². The van der Waals surface area contributed by atoms with Crippen LogP contribution in [0.1, 0.15) is 16.7 Å². The van der Waals surface area contributed by atoms with E-state index in [9.17, 15) is 9.18 Å². The summed E-state index contributed by atoms with van der Waals surface area (Å²) in [6.45, 7) is 0.781. The Balaban J connectivity index is 1.26. The molecule has 3 aliphatic rings. The van der Waals surface area contributed by atoms with Crippen LogP contribution in [-0.2, 0) is 16.8 Å². The number of amides is 1. The first kappa shape index (κ1) is 20.1. The van der Waals surface area contributed by atoms with Gasteiger partial charge < -0.3 is 19.1 Å². The van der Waals surface area contributed by atoms with Crippen molar-refractivity contribution in [3.05, 3.63) is 107 Å². The Hall–Kier alpha value is -4.32. The third kappa shape index (κ3) is 2.83. The fraction of sp³-hybridized carbons (Fsp3) is 0.138. The molecule has 6 heteroatoms. The number of rotatable bonds is 3. The molecule has 0 radical (unpaired) electrons. The van der Waals surface area contributed by atoms with Gasteiger partial charge in [-0.25, -0.2) is 4.39 Å². The first-order valence-corrected chi connectivity index (χ1v) is 11.5. The average molecular weight is 465 g/mol. The molecule has 4 aromatic rings. The number of ether oxygens (including phenoxy) is 3. The molecule has 1 unspecified atom stereocenters. The minimum atomic E-state index is -0.931. The maximum atomic E-state index is 14.2. The number of carbonyl (C=O) groups is 1. The Kier molecular flexibility index (Phi) is 4.21. The predicted molar refractivity (Wildman–Crippen MR) is 128 cm³/mol. The van der Waals surface area contributed by atoms with E-state index in [1.807, 2.05) is 71.6 Å². The fourth-order valence-electron chi connectivity index (χ4n) is 5.39. The van der Waals surface area contributed by atoms with Crippen molar-refractivity contribution in [3.8, 4) is 28.4 Å². The van der Waals surface area contributed by atoms with Crippen LogP contribution in [0, 0.1) is 5.82 Å². The average Bonchev–Trinajstić information content (AvgIpc) is 3.56. The van der Waals surface area contributed by atoms with E-state index in [0.717, 1.165) is 27.9 Å². The standard InChI is InChI=1S/C29H20FNO4/c30-23-7-3-1-5-20(23)19-11-9-18(10-12-19)15-31-24-8-4-2-6-21(24)29(28(31)32)16-33-25-14-27-26(13-22(25)29)34-17-35-27/h1-14H,15-17H2. The maximum Gasteiger partial charge on any atom is 0.246 e. The molecule has 3 heterocycles. The first-order chi connectivity index (χ1) is 17.1. The maximum absolute atomic E-state index is 14.2. The lowest BCUT2D eigenvalue weighted by Gasteiger charge is -2.23. The first-order valence-electron chi connectivity index (χ1n) is 11.5. The van der Waals surface area contributed by atoms with Crippen LogP contribution in [0.4, 0.5) is 10.1 Å². The van der Waals surface area contributed by atoms with Gasteiger partial charge in [0.15, 0.2) is 11.5 Å². The summed E-state index contributed by atoms with van der Waals surface area (Å²) in [5.41, 5.74) is 3.96. The number of benzene rings is 4. The zero-order chi connectivity index (χ0) is 23.6. The third-order valence-corrected chi connectivity index (χ3v) is 7.12. The smallest absolute Gasteiger partial charge is 0.246 e. The number of fused-ring (bicyclic) bond motifs is 5. The van der Waals surface area contributed by atoms with Gasteiger partial charge in [0, 0.05) is 22.9 Å². The second-order valence-electron chi connectivity index (χ2n) is 8.98. The third-order valence-electron chi connectivity index (χ3n) is 7.12. The monoisotopic (exact) mass is 465 g/mol. The van der Waals surface area contributed by atoms with E-state index in [0.29, 0.717) is 29.4 Å². The van der Waals surface area contributed by atoms with Gasteiger partial charge in [-0.2, -0.15) is 0 Å². The van der Waals surface area contributed by atoms with Gasteiger partial charge in [-0.1, -0.05) is 60.7 Å². The molecule has 1 amide bonds. The van der Waals surface area contributed by atoms with E-state index in [1.54, 1.807) is 12.1 Å². The van der Waals surface area contributed by atoms with Crippen molar-refractivity contribution in [2.45, 2.75) is 12.0 Å². The Morgan fingerprint density at radius 3 is 2.37 bits per heavy atom. The number of nitrogens with zero attached hydrogens (tertiary/aromatic N) is 1. The largest absolute Gasteiger partial charge is 0.491 e. The van der Waals surface area contributed by atoms with Gasteiger partial charge >= 0.3 is 0 Å². The van der Waals surface area contributed by atoms with Gasteiger partial charge in [-0.3, -0.25) is 4.79 Å². The lowest BCUT2D eigenvalue weighted by atomic mass is 9.77. The molecular weight excluding hydrogens is 445 g/mol. The highest BCUT2D eigenvalue weighted by molar-refractivity contribution is 6.11. The number of halogens is 1. The molecule has 0 saturated heterocycles. The quantitative estimate of drug-likeness (QED) is 0.404. The molecule has 0 fully saturated rings. The van der Waals surface area contributed by atoms with Crippen LogP contribution in [0.5, 0.6) is 17.2 Å². The molecule has 3 aliphatic heterocycles. The summed E-state index contributed by atoms with van der Waals surface area (Å²) in [5.74, 6) is 1.61. The van der Waals surface area contributed by atoms with Crippen LogP contribution in [0.25, 0.3) is 11.1 Å². The Bertz CT molecular complexity index is 1500. The van der Waals surface area contributed by atoms with Crippen LogP contribution in [0.2, 0.25) is 0 Å². The van der Waals surface area contributed by atoms with E-state index in [1.165, 1.54) is 6.07 Å². The van der Waals surface area contributed by atoms with Crippen LogP contribution < -0.4 is 19.1 Å². The minimum Gasteiger partial charge on any atom is -0.491 e. The van der Waals surface area contributed by atoms with Crippen molar-refractivity contribution in [1.29, 1.82) is 0 Å². The van der Waals surface area contributed by atoms with Gasteiger partial charge in [-0.15, -0.1) is 0 Å². The zero-order valence-electron chi connectivity index (χ0n) is 18.7. The highest BCUT2D eigenvalue weighted by Gasteiger charge is 2.57. The molecule has 7 rings (SSSR count). The van der Waals surface area contributed by atoms with Crippen LogP contribution in [0.3, 0.4) is 0 Å². The summed E-state index contributed by atoms with van der Waals surface area (Å²) in [7, 11) is 0. The highest BCUT2D eigenvalue weighted by atomic mass is 19.1. The SMILES string of the molecule is O=C1N(Cc2ccc(-c3ccccc3F)cc2)c2ccccc2C12COc1cc3c(cc12)OCO3. The number of anilines is 1. The molecule has 0 aromatic heterocycles. The normalized spacial score (nSPS) is 19.1. The summed E-state index contributed by atoms with van der Waals surface area (Å²) in [6.07, 6.45) is 0. The van der Waals surface area contributed by atoms with Gasteiger partial charge in [0.05, 0.1) is 6.54 Å². The van der Waals surface area contributed by atoms with Gasteiger partial charge in [0.1, 0.15) is 23.6 Å². The molecular formula is C29H20FNO4. The molecule has 0 N–H and O–H groups in total. The summed E-state index contributed by atoms with van der Waals surface area (Å²) in [4.78, 5) is 15.9. The van der Waals surface area contributed by atoms with Crippen LogP contribution in [0.15, 0.2) is 84.9 Å². The zero-order valence-corrected chi connectivity index (χ0v) is 18.7. The fourth-order valence-corrected chi connectivity index (χ4v) is 5.39. The molecule has 0 bridgehead atoms. The second-order valence-corrected chi connectivity index (χ2v) is 8.98. The van der Waals surface area contributed by atoms with Gasteiger partial charge in [-0.05, 0) is 34.9 Å². The molecule has 172 valence electrons. The molecule has 0 aliphatic carbocycles. The Morgan fingerprint density at radius 2 is 1.54 bits per heavy atom. The summed E-state index contributed by atoms with van der Waals surface area (Å²) in [6, 6.07) is 25.9. The predicted octanol–water partition coefficient (Wildman–Crippen LogP) is 5.45. The van der Waals surface area contributed by atoms with Crippen LogP contribution in [-0.4, -0.2) is 19.3 Å². The second kappa shape index (κ2) is 7.34. The van der Waals surface area contributed by atoms with Crippen molar-refractivity contribution in [2.24, 2.45) is 0 Å². The van der Waals surface area contributed by atoms with E-state index >= 15 is 0 Å². The molecule has 1 spiro atoms. The number of para-hydroxylation sites is 1. The molecule has 0 saturated carbocycles. The highest BCUT2D eigenvalue weighted by Crippen LogP contribution is 2.55. The number of carbonyl (C=O) groups excluding carboxylic acids is 1. The van der Waals surface area contributed by atoms with Crippen molar-refractivity contribution < 1.29 is 23.4 Å². The minimum absolute atomic E-state index is 0.0329. The van der Waals surface area contributed by atoms with E-state index in [4.69, 9.17) is 14.2 Å². The van der Waals surface area contributed by atoms with Crippen molar-refractivity contribution in [2.75, 3.05) is 18.3 Å². The van der Waals surface area contributed by atoms with E-state index < -0.39 is 5.41 Å². The van der Waals surface area contributed by atoms with E-state index in [2.05, 4.69) is 0 Å². The van der Waals surface area contributed by atoms with Crippen molar-refractivity contribution in [3.63, 3.8) is 0 Å². The lowest BCUT2D eigenvalue weighted by Crippen LogP contribution is -2.42. The lowest BCUT2D eigenvalue weighted by molar-refractivity contribution is -0.122. The molecule has 1 atom stereocenters. The number of hydrogen-bond acceptors (Lipinski definition) is 4. The molecule has 5 nitrogen and oxygen atoms in total. The summed E-state index contributed by atoms with van der Waals surface area (Å²) in [5, 5.41) is 0. The van der Waals surface area contributed by atoms with Gasteiger partial charge in [0.2, 0.25) is 12.7 Å². The summed E-state index contributed by atoms with van der Waals surface area (Å²) >= 11 is 0. The molecule has 4 aromatic carbocycles. The van der Waals surface area contributed by atoms with E-state index in [-0.39, 0.29) is 25.1 Å².